The van der Waals surface area contributed by atoms with E-state index in [0.717, 1.165) is 16.7 Å². The summed E-state index contributed by atoms with van der Waals surface area (Å²) >= 11 is 0. The molecule has 0 atom stereocenters. The zero-order valence-electron chi connectivity index (χ0n) is 11.3. The van der Waals surface area contributed by atoms with E-state index >= 15 is 0 Å². The number of aliphatic hydroxyl groups is 1. The van der Waals surface area contributed by atoms with Crippen LogP contribution in [0.3, 0.4) is 0 Å². The molecular weight excluding hydrogens is 260 g/mol. The molecule has 106 valence electrons. The van der Waals surface area contributed by atoms with Crippen molar-refractivity contribution < 1.29 is 13.9 Å². The van der Waals surface area contributed by atoms with Crippen molar-refractivity contribution in [3.05, 3.63) is 70.3 Å². The fourth-order valence-corrected chi connectivity index (χ4v) is 2.06. The van der Waals surface area contributed by atoms with Crippen LogP contribution in [0.5, 0.6) is 0 Å². The Kier molecular flexibility index (Phi) is 4.82. The first-order valence-corrected chi connectivity index (χ1v) is 6.44. The molecule has 0 radical (unpaired) electrons. The highest BCUT2D eigenvalue weighted by molar-refractivity contribution is 5.27. The monoisotopic (exact) mass is 277 g/mol. The van der Waals surface area contributed by atoms with Crippen molar-refractivity contribution in [2.24, 2.45) is 0 Å². The standard InChI is InChI=1S/C16H17F2NO/c1-11-6-15(17)4-3-13(11)9-19-8-12-2-5-16(18)14(7-12)10-20/h2-7,19-20H,8-10H2,1H3. The molecule has 2 nitrogen and oxygen atoms in total. The first-order valence-electron chi connectivity index (χ1n) is 6.44. The lowest BCUT2D eigenvalue weighted by molar-refractivity contribution is 0.275. The van der Waals surface area contributed by atoms with Crippen LogP contribution in [0.25, 0.3) is 0 Å². The minimum atomic E-state index is -0.398. The zero-order chi connectivity index (χ0) is 14.5. The molecule has 0 aliphatic carbocycles. The quantitative estimate of drug-likeness (QED) is 0.880. The van der Waals surface area contributed by atoms with Crippen LogP contribution in [0.15, 0.2) is 36.4 Å². The average Bonchev–Trinajstić information content (AvgIpc) is 2.43. The van der Waals surface area contributed by atoms with Crippen molar-refractivity contribution >= 4 is 0 Å². The van der Waals surface area contributed by atoms with Crippen molar-refractivity contribution in [2.75, 3.05) is 0 Å². The molecule has 2 aromatic rings. The summed E-state index contributed by atoms with van der Waals surface area (Å²) in [6.45, 7) is 2.72. The molecule has 0 fully saturated rings. The van der Waals surface area contributed by atoms with Gasteiger partial charge in [-0.2, -0.15) is 0 Å². The summed E-state index contributed by atoms with van der Waals surface area (Å²) < 4.78 is 26.2. The Hall–Kier alpha value is -1.78. The van der Waals surface area contributed by atoms with Crippen LogP contribution < -0.4 is 5.32 Å². The summed E-state index contributed by atoms with van der Waals surface area (Å²) in [4.78, 5) is 0. The molecule has 2 rings (SSSR count). The summed E-state index contributed by atoms with van der Waals surface area (Å²) in [5, 5.41) is 12.2. The fourth-order valence-electron chi connectivity index (χ4n) is 2.06. The molecule has 0 spiro atoms. The smallest absolute Gasteiger partial charge is 0.128 e. The second-order valence-electron chi connectivity index (χ2n) is 4.76. The SMILES string of the molecule is Cc1cc(F)ccc1CNCc1ccc(F)c(CO)c1. The van der Waals surface area contributed by atoms with E-state index in [1.54, 1.807) is 18.2 Å². The van der Waals surface area contributed by atoms with E-state index in [1.807, 2.05) is 6.92 Å². The van der Waals surface area contributed by atoms with Crippen LogP contribution in [-0.2, 0) is 19.7 Å². The van der Waals surface area contributed by atoms with Crippen LogP contribution in [0.1, 0.15) is 22.3 Å². The normalized spacial score (nSPS) is 10.8. The van der Waals surface area contributed by atoms with E-state index in [1.165, 1.54) is 18.2 Å². The number of halogens is 2. The second kappa shape index (κ2) is 6.59. The van der Waals surface area contributed by atoms with Gasteiger partial charge in [-0.15, -0.1) is 0 Å². The minimum absolute atomic E-state index is 0.239. The molecule has 0 aliphatic heterocycles. The van der Waals surface area contributed by atoms with Crippen molar-refractivity contribution in [3.8, 4) is 0 Å². The Morgan fingerprint density at radius 2 is 1.80 bits per heavy atom. The number of benzene rings is 2. The highest BCUT2D eigenvalue weighted by atomic mass is 19.1. The van der Waals surface area contributed by atoms with Gasteiger partial charge in [0.1, 0.15) is 11.6 Å². The van der Waals surface area contributed by atoms with Crippen LogP contribution in [0.2, 0.25) is 0 Å². The van der Waals surface area contributed by atoms with Crippen molar-refractivity contribution in [1.82, 2.24) is 5.32 Å². The average molecular weight is 277 g/mol. The maximum absolute atomic E-state index is 13.2. The Morgan fingerprint density at radius 3 is 2.50 bits per heavy atom. The number of nitrogens with one attached hydrogen (secondary N) is 1. The maximum Gasteiger partial charge on any atom is 0.128 e. The van der Waals surface area contributed by atoms with Gasteiger partial charge in [0.25, 0.3) is 0 Å². The molecular formula is C16H17F2NO. The molecule has 2 N–H and O–H groups in total. The molecule has 0 bridgehead atoms. The third-order valence-corrected chi connectivity index (χ3v) is 3.23. The molecule has 0 unspecified atom stereocenters. The van der Waals surface area contributed by atoms with E-state index in [2.05, 4.69) is 5.32 Å². The second-order valence-corrected chi connectivity index (χ2v) is 4.76. The number of hydrogen-bond donors (Lipinski definition) is 2. The van der Waals surface area contributed by atoms with E-state index in [-0.39, 0.29) is 12.4 Å². The van der Waals surface area contributed by atoms with Gasteiger partial charge in [-0.3, -0.25) is 0 Å². The molecule has 0 saturated heterocycles. The molecule has 0 amide bonds. The minimum Gasteiger partial charge on any atom is -0.392 e. The molecule has 0 aromatic heterocycles. The number of aliphatic hydroxyl groups excluding tert-OH is 1. The zero-order valence-corrected chi connectivity index (χ0v) is 11.3. The molecule has 0 aliphatic rings. The highest BCUT2D eigenvalue weighted by Crippen LogP contribution is 2.12. The first kappa shape index (κ1) is 14.6. The summed E-state index contributed by atoms with van der Waals surface area (Å²) in [7, 11) is 0. The van der Waals surface area contributed by atoms with Gasteiger partial charge in [0.15, 0.2) is 0 Å². The van der Waals surface area contributed by atoms with Gasteiger partial charge in [-0.25, -0.2) is 8.78 Å². The molecule has 4 heteroatoms. The van der Waals surface area contributed by atoms with Crippen LogP contribution in [0.4, 0.5) is 8.78 Å². The Labute approximate surface area is 117 Å². The van der Waals surface area contributed by atoms with Gasteiger partial charge in [-0.1, -0.05) is 12.1 Å². The van der Waals surface area contributed by atoms with E-state index in [0.29, 0.717) is 18.7 Å². The lowest BCUT2D eigenvalue weighted by atomic mass is 10.1. The first-order chi connectivity index (χ1) is 9.60. The van der Waals surface area contributed by atoms with Gasteiger partial charge in [0, 0.05) is 18.7 Å². The Bertz CT molecular complexity index is 599. The lowest BCUT2D eigenvalue weighted by Crippen LogP contribution is -2.14. The Balaban J connectivity index is 1.96. The van der Waals surface area contributed by atoms with Gasteiger partial charge in [0.2, 0.25) is 0 Å². The Morgan fingerprint density at radius 1 is 1.00 bits per heavy atom. The van der Waals surface area contributed by atoms with Gasteiger partial charge in [0.05, 0.1) is 6.61 Å². The van der Waals surface area contributed by atoms with Crippen molar-refractivity contribution in [1.29, 1.82) is 0 Å². The summed E-state index contributed by atoms with van der Waals surface area (Å²) in [5.41, 5.74) is 3.11. The third kappa shape index (κ3) is 3.62. The third-order valence-electron chi connectivity index (χ3n) is 3.23. The van der Waals surface area contributed by atoms with Crippen LogP contribution in [0, 0.1) is 18.6 Å². The van der Waals surface area contributed by atoms with Crippen LogP contribution in [-0.4, -0.2) is 5.11 Å². The van der Waals surface area contributed by atoms with Gasteiger partial charge >= 0.3 is 0 Å². The van der Waals surface area contributed by atoms with E-state index in [9.17, 15) is 8.78 Å². The van der Waals surface area contributed by atoms with Gasteiger partial charge < -0.3 is 10.4 Å². The molecule has 0 heterocycles. The fraction of sp³-hybridized carbons (Fsp3) is 0.250. The largest absolute Gasteiger partial charge is 0.392 e. The summed E-state index contributed by atoms with van der Waals surface area (Å²) in [6.07, 6.45) is 0. The lowest BCUT2D eigenvalue weighted by Gasteiger charge is -2.09. The summed E-state index contributed by atoms with van der Waals surface area (Å²) in [6, 6.07) is 9.36. The molecule has 2 aromatic carbocycles. The number of rotatable bonds is 5. The van der Waals surface area contributed by atoms with E-state index < -0.39 is 5.82 Å². The number of aryl methyl sites for hydroxylation is 1. The molecule has 20 heavy (non-hydrogen) atoms. The van der Waals surface area contributed by atoms with E-state index in [4.69, 9.17) is 5.11 Å². The molecule has 0 saturated carbocycles. The van der Waals surface area contributed by atoms with Crippen LogP contribution >= 0.6 is 0 Å². The van der Waals surface area contributed by atoms with Crippen molar-refractivity contribution in [2.45, 2.75) is 26.6 Å². The number of hydrogen-bond acceptors (Lipinski definition) is 2. The predicted molar refractivity (Wildman–Crippen MR) is 74.0 cm³/mol. The maximum atomic E-state index is 13.2. The topological polar surface area (TPSA) is 32.3 Å². The predicted octanol–water partition coefficient (Wildman–Crippen LogP) is 3.06. The summed E-state index contributed by atoms with van der Waals surface area (Å²) in [5.74, 6) is -0.636. The van der Waals surface area contributed by atoms with Crippen molar-refractivity contribution in [3.63, 3.8) is 0 Å². The highest BCUT2D eigenvalue weighted by Gasteiger charge is 2.03. The van der Waals surface area contributed by atoms with Gasteiger partial charge in [-0.05, 0) is 47.9 Å².